The van der Waals surface area contributed by atoms with Crippen LogP contribution in [-0.2, 0) is 17.4 Å². The molecule has 1 aromatic heterocycles. The van der Waals surface area contributed by atoms with Gasteiger partial charge in [-0.1, -0.05) is 30.3 Å². The van der Waals surface area contributed by atoms with Gasteiger partial charge in [0.2, 0.25) is 0 Å². The zero-order chi connectivity index (χ0) is 21.3. The fourth-order valence-corrected chi connectivity index (χ4v) is 4.45. The lowest BCUT2D eigenvalue weighted by atomic mass is 10.1. The van der Waals surface area contributed by atoms with Crippen molar-refractivity contribution in [1.82, 2.24) is 0 Å². The maximum atomic E-state index is 12.8. The molecular formula is C19H13F3NO4S2-. The molecule has 0 aliphatic heterocycles. The van der Waals surface area contributed by atoms with Gasteiger partial charge in [0.05, 0.1) is 28.2 Å². The number of aromatic carboxylic acids is 1. The van der Waals surface area contributed by atoms with E-state index in [0.29, 0.717) is 16.0 Å². The minimum absolute atomic E-state index is 0.0833. The number of alkyl halides is 3. The first-order chi connectivity index (χ1) is 13.6. The number of carboxylic acid groups (broad SMARTS) is 1. The summed E-state index contributed by atoms with van der Waals surface area (Å²) in [5.41, 5.74) is 0.312. The average molecular weight is 440 g/mol. The number of hydrogen-bond acceptors (Lipinski definition) is 4. The standard InChI is InChI=1S/C19H14F3NO4S2/c1-11-4-2-3-5-14(11)23(29(26)27)15-10-16(28-17(15)18(24)25)12-6-8-13(9-7-12)19(20,21)22/h2-10H,1H3,(H,24,25)(H,26,27)/p-1. The van der Waals surface area contributed by atoms with Gasteiger partial charge in [0.1, 0.15) is 4.88 Å². The molecule has 0 aliphatic carbocycles. The Bertz CT molecular complexity index is 1080. The van der Waals surface area contributed by atoms with Crippen molar-refractivity contribution < 1.29 is 31.8 Å². The van der Waals surface area contributed by atoms with Gasteiger partial charge >= 0.3 is 12.1 Å². The summed E-state index contributed by atoms with van der Waals surface area (Å²) >= 11 is -2.04. The topological polar surface area (TPSA) is 80.7 Å². The van der Waals surface area contributed by atoms with E-state index in [0.717, 1.165) is 27.8 Å². The predicted octanol–water partition coefficient (Wildman–Crippen LogP) is 5.37. The summed E-state index contributed by atoms with van der Waals surface area (Å²) in [4.78, 5) is 11.8. The molecule has 10 heteroatoms. The van der Waals surface area contributed by atoms with Crippen molar-refractivity contribution in [3.05, 3.63) is 70.6 Å². The largest absolute Gasteiger partial charge is 0.755 e. The van der Waals surface area contributed by atoms with Gasteiger partial charge < -0.3 is 9.66 Å². The maximum Gasteiger partial charge on any atom is 0.416 e. The van der Waals surface area contributed by atoms with E-state index in [-0.39, 0.29) is 16.3 Å². The molecule has 0 bridgehead atoms. The van der Waals surface area contributed by atoms with E-state index in [2.05, 4.69) is 0 Å². The molecule has 0 saturated heterocycles. The number of nitrogens with zero attached hydrogens (tertiary/aromatic N) is 1. The Labute approximate surface area is 170 Å². The van der Waals surface area contributed by atoms with Crippen LogP contribution in [0.25, 0.3) is 10.4 Å². The lowest BCUT2D eigenvalue weighted by Gasteiger charge is -2.27. The molecule has 1 atom stereocenters. The Morgan fingerprint density at radius 3 is 2.24 bits per heavy atom. The second-order valence-electron chi connectivity index (χ2n) is 6.00. The van der Waals surface area contributed by atoms with Gasteiger partial charge in [-0.15, -0.1) is 11.3 Å². The minimum atomic E-state index is -4.49. The highest BCUT2D eigenvalue weighted by Gasteiger charge is 2.30. The predicted molar refractivity (Wildman–Crippen MR) is 104 cm³/mol. The van der Waals surface area contributed by atoms with Crippen molar-refractivity contribution in [3.8, 4) is 10.4 Å². The summed E-state index contributed by atoms with van der Waals surface area (Å²) in [7, 11) is 0. The number of halogens is 3. The highest BCUT2D eigenvalue weighted by atomic mass is 32.2. The molecule has 0 spiro atoms. The van der Waals surface area contributed by atoms with Crippen molar-refractivity contribution in [2.45, 2.75) is 13.1 Å². The second-order valence-corrected chi connectivity index (χ2v) is 7.85. The summed E-state index contributed by atoms with van der Waals surface area (Å²) in [6.45, 7) is 1.68. The molecule has 0 radical (unpaired) electrons. The summed E-state index contributed by atoms with van der Waals surface area (Å²) < 4.78 is 63.0. The van der Waals surface area contributed by atoms with Crippen LogP contribution >= 0.6 is 11.3 Å². The quantitative estimate of drug-likeness (QED) is 0.541. The number of para-hydroxylation sites is 1. The van der Waals surface area contributed by atoms with Crippen LogP contribution in [0.2, 0.25) is 0 Å². The van der Waals surface area contributed by atoms with E-state index in [1.165, 1.54) is 24.3 Å². The minimum Gasteiger partial charge on any atom is -0.755 e. The maximum absolute atomic E-state index is 12.8. The molecular weight excluding hydrogens is 427 g/mol. The van der Waals surface area contributed by atoms with Gasteiger partial charge in [-0.3, -0.25) is 8.51 Å². The molecule has 0 fully saturated rings. The Balaban J connectivity index is 2.13. The van der Waals surface area contributed by atoms with Gasteiger partial charge in [0, 0.05) is 4.88 Å². The van der Waals surface area contributed by atoms with Gasteiger partial charge in [0.15, 0.2) is 0 Å². The van der Waals surface area contributed by atoms with Crippen molar-refractivity contribution in [2.24, 2.45) is 0 Å². The number of aryl methyl sites for hydroxylation is 1. The van der Waals surface area contributed by atoms with Gasteiger partial charge in [-0.25, -0.2) is 4.79 Å². The van der Waals surface area contributed by atoms with Crippen LogP contribution in [0.15, 0.2) is 54.6 Å². The van der Waals surface area contributed by atoms with Crippen molar-refractivity contribution in [3.63, 3.8) is 0 Å². The monoisotopic (exact) mass is 440 g/mol. The second kappa shape index (κ2) is 7.97. The van der Waals surface area contributed by atoms with Crippen LogP contribution in [-0.4, -0.2) is 19.8 Å². The molecule has 5 nitrogen and oxygen atoms in total. The summed E-state index contributed by atoms with van der Waals surface area (Å²) in [6, 6.07) is 12.1. The van der Waals surface area contributed by atoms with E-state index in [1.807, 2.05) is 0 Å². The van der Waals surface area contributed by atoms with E-state index in [1.54, 1.807) is 25.1 Å². The lowest BCUT2D eigenvalue weighted by Crippen LogP contribution is -2.21. The molecule has 2 aromatic carbocycles. The molecule has 3 rings (SSSR count). The van der Waals surface area contributed by atoms with E-state index in [4.69, 9.17) is 0 Å². The highest BCUT2D eigenvalue weighted by molar-refractivity contribution is 7.81. The first-order valence-electron chi connectivity index (χ1n) is 8.09. The fourth-order valence-electron chi connectivity index (χ4n) is 2.73. The van der Waals surface area contributed by atoms with Crippen molar-refractivity contribution >= 4 is 39.9 Å². The number of rotatable bonds is 5. The van der Waals surface area contributed by atoms with Gasteiger partial charge in [-0.2, -0.15) is 13.2 Å². The molecule has 29 heavy (non-hydrogen) atoms. The fraction of sp³-hybridized carbons (Fsp3) is 0.105. The van der Waals surface area contributed by atoms with Crippen LogP contribution in [0.3, 0.4) is 0 Å². The summed E-state index contributed by atoms with van der Waals surface area (Å²) in [5, 5.41) is 9.56. The Kier molecular flexibility index (Phi) is 5.78. The van der Waals surface area contributed by atoms with Crippen LogP contribution in [0.4, 0.5) is 24.5 Å². The zero-order valence-electron chi connectivity index (χ0n) is 14.8. The molecule has 152 valence electrons. The van der Waals surface area contributed by atoms with E-state index >= 15 is 0 Å². The Hall–Kier alpha value is -2.69. The average Bonchev–Trinajstić information content (AvgIpc) is 3.08. The zero-order valence-corrected chi connectivity index (χ0v) is 16.4. The normalized spacial score (nSPS) is 12.6. The Morgan fingerprint density at radius 1 is 1.10 bits per heavy atom. The number of hydrogen-bond donors (Lipinski definition) is 1. The molecule has 1 heterocycles. The Morgan fingerprint density at radius 2 is 1.72 bits per heavy atom. The first-order valence-corrected chi connectivity index (χ1v) is 9.94. The summed E-state index contributed by atoms with van der Waals surface area (Å²) in [5.74, 6) is -1.34. The number of carboxylic acids is 1. The van der Waals surface area contributed by atoms with Gasteiger partial charge in [-0.05, 0) is 42.3 Å². The third kappa shape index (κ3) is 4.34. The highest BCUT2D eigenvalue weighted by Crippen LogP contribution is 2.41. The van der Waals surface area contributed by atoms with Gasteiger partial charge in [0.25, 0.3) is 0 Å². The molecule has 0 saturated carbocycles. The number of carbonyl (C=O) groups is 1. The first kappa shape index (κ1) is 21.0. The van der Waals surface area contributed by atoms with Crippen molar-refractivity contribution in [2.75, 3.05) is 4.31 Å². The lowest BCUT2D eigenvalue weighted by molar-refractivity contribution is -0.137. The summed E-state index contributed by atoms with van der Waals surface area (Å²) in [6.07, 6.45) is -4.49. The third-order valence-corrected chi connectivity index (χ3v) is 5.96. The SMILES string of the molecule is Cc1ccccc1N(c1cc(-c2ccc(C(F)(F)F)cc2)sc1C(=O)O)S(=O)[O-]. The smallest absolute Gasteiger partial charge is 0.416 e. The molecule has 0 aliphatic rings. The molecule has 1 unspecified atom stereocenters. The van der Waals surface area contributed by atoms with Crippen LogP contribution in [0, 0.1) is 6.92 Å². The van der Waals surface area contributed by atoms with Crippen LogP contribution < -0.4 is 4.31 Å². The van der Waals surface area contributed by atoms with E-state index < -0.39 is 29.0 Å². The third-order valence-electron chi connectivity index (χ3n) is 4.11. The molecule has 1 N–H and O–H groups in total. The van der Waals surface area contributed by atoms with Crippen LogP contribution in [0.5, 0.6) is 0 Å². The molecule has 3 aromatic rings. The number of anilines is 2. The number of benzene rings is 2. The molecule has 0 amide bonds. The van der Waals surface area contributed by atoms with E-state index in [9.17, 15) is 31.8 Å². The van der Waals surface area contributed by atoms with Crippen molar-refractivity contribution in [1.29, 1.82) is 0 Å². The van der Waals surface area contributed by atoms with Crippen LogP contribution in [0.1, 0.15) is 20.8 Å². The number of thiophene rings is 1.